The lowest BCUT2D eigenvalue weighted by Crippen LogP contribution is -2.44. The van der Waals surface area contributed by atoms with Crippen molar-refractivity contribution < 1.29 is 18.0 Å². The van der Waals surface area contributed by atoms with Gasteiger partial charge in [-0.05, 0) is 63.9 Å². The summed E-state index contributed by atoms with van der Waals surface area (Å²) in [5, 5.41) is 0. The van der Waals surface area contributed by atoms with Crippen LogP contribution in [0.1, 0.15) is 48.5 Å². The molecule has 0 radical (unpaired) electrons. The molecule has 2 heterocycles. The molecule has 2 aliphatic heterocycles. The number of halogens is 3. The van der Waals surface area contributed by atoms with Gasteiger partial charge in [0.25, 0.3) is 0 Å². The average Bonchev–Trinajstić information content (AvgIpc) is 3.08. The number of piperidine rings is 1. The van der Waals surface area contributed by atoms with Crippen molar-refractivity contribution in [3.8, 4) is 0 Å². The normalized spacial score (nSPS) is 20.6. The molecule has 0 N–H and O–H groups in total. The van der Waals surface area contributed by atoms with E-state index in [1.807, 2.05) is 4.90 Å². The van der Waals surface area contributed by atoms with Crippen molar-refractivity contribution in [1.29, 1.82) is 0 Å². The Kier molecular flexibility index (Phi) is 4.85. The van der Waals surface area contributed by atoms with E-state index in [9.17, 15) is 18.0 Å². The van der Waals surface area contributed by atoms with Gasteiger partial charge in [-0.1, -0.05) is 0 Å². The first-order valence-electron chi connectivity index (χ1n) is 8.57. The fourth-order valence-corrected chi connectivity index (χ4v) is 3.76. The Bertz CT molecular complexity index is 601. The Morgan fingerprint density at radius 2 is 1.67 bits per heavy atom. The molecular weight excluding hydrogens is 317 g/mol. The minimum Gasteiger partial charge on any atom is -0.371 e. The molecule has 0 spiro atoms. The molecule has 24 heavy (non-hydrogen) atoms. The molecule has 0 unspecified atom stereocenters. The van der Waals surface area contributed by atoms with Gasteiger partial charge in [0.05, 0.1) is 5.56 Å². The van der Waals surface area contributed by atoms with Gasteiger partial charge in [0.1, 0.15) is 0 Å². The number of hydrogen-bond donors (Lipinski definition) is 0. The van der Waals surface area contributed by atoms with Crippen LogP contribution in [0.2, 0.25) is 0 Å². The summed E-state index contributed by atoms with van der Waals surface area (Å²) >= 11 is 0. The molecule has 0 aliphatic carbocycles. The highest BCUT2D eigenvalue weighted by Crippen LogP contribution is 2.34. The van der Waals surface area contributed by atoms with Crippen molar-refractivity contribution in [2.45, 2.75) is 44.8 Å². The van der Waals surface area contributed by atoms with E-state index in [0.29, 0.717) is 11.7 Å². The van der Waals surface area contributed by atoms with Crippen molar-refractivity contribution in [3.63, 3.8) is 0 Å². The largest absolute Gasteiger partial charge is 0.416 e. The zero-order valence-corrected chi connectivity index (χ0v) is 13.9. The fraction of sp³-hybridized carbons (Fsp3) is 0.611. The third-order valence-electron chi connectivity index (χ3n) is 5.14. The summed E-state index contributed by atoms with van der Waals surface area (Å²) in [5.74, 6) is -0.339. The molecule has 0 bridgehead atoms. The van der Waals surface area contributed by atoms with Gasteiger partial charge in [-0.15, -0.1) is 0 Å². The van der Waals surface area contributed by atoms with Gasteiger partial charge < -0.3 is 9.80 Å². The molecule has 6 heteroatoms. The summed E-state index contributed by atoms with van der Waals surface area (Å²) in [6, 6.07) is 4.25. The number of carbonyl (C=O) groups is 1. The zero-order chi connectivity index (χ0) is 17.3. The van der Waals surface area contributed by atoms with Crippen LogP contribution in [0.25, 0.3) is 0 Å². The third kappa shape index (κ3) is 3.74. The molecule has 1 aromatic rings. The minimum absolute atomic E-state index is 0.126. The van der Waals surface area contributed by atoms with Crippen molar-refractivity contribution in [1.82, 2.24) is 4.90 Å². The maximum atomic E-state index is 13.1. The number of rotatable bonds is 3. The van der Waals surface area contributed by atoms with Crippen LogP contribution in [-0.4, -0.2) is 42.9 Å². The molecule has 2 saturated heterocycles. The van der Waals surface area contributed by atoms with Crippen LogP contribution in [0, 0.1) is 0 Å². The molecule has 0 aromatic heterocycles. The number of likely N-dealkylation sites (tertiary alicyclic amines) is 1. The molecule has 0 atom stereocenters. The molecule has 0 amide bonds. The van der Waals surface area contributed by atoms with Crippen molar-refractivity contribution in [2.24, 2.45) is 0 Å². The van der Waals surface area contributed by atoms with Gasteiger partial charge in [-0.25, -0.2) is 0 Å². The lowest BCUT2D eigenvalue weighted by molar-refractivity contribution is -0.137. The number of nitrogens with zero attached hydrogens (tertiary/aromatic N) is 2. The quantitative estimate of drug-likeness (QED) is 0.778. The first-order chi connectivity index (χ1) is 11.3. The van der Waals surface area contributed by atoms with E-state index < -0.39 is 11.7 Å². The van der Waals surface area contributed by atoms with E-state index in [4.69, 9.17) is 0 Å². The molecule has 1 aromatic carbocycles. The molecule has 3 nitrogen and oxygen atoms in total. The average molecular weight is 340 g/mol. The summed E-state index contributed by atoms with van der Waals surface area (Å²) in [5.41, 5.74) is -0.108. The second-order valence-electron chi connectivity index (χ2n) is 6.78. The van der Waals surface area contributed by atoms with Crippen LogP contribution in [0.5, 0.6) is 0 Å². The standard InChI is InChI=1S/C18H23F3N2O/c1-13(24)14-10-15(18(19,20)21)12-17(11-14)23-8-4-16(5-9-23)22-6-2-3-7-22/h10-12,16H,2-9H2,1H3. The van der Waals surface area contributed by atoms with Crippen LogP contribution in [-0.2, 0) is 6.18 Å². The predicted octanol–water partition coefficient (Wildman–Crippen LogP) is 3.97. The number of hydrogen-bond acceptors (Lipinski definition) is 3. The van der Waals surface area contributed by atoms with Gasteiger partial charge in [-0.2, -0.15) is 13.2 Å². The molecule has 0 saturated carbocycles. The number of ketones is 1. The SMILES string of the molecule is CC(=O)c1cc(N2CCC(N3CCCC3)CC2)cc(C(F)(F)F)c1. The van der Waals surface area contributed by atoms with Crippen molar-refractivity contribution in [2.75, 3.05) is 31.1 Å². The molecular formula is C18H23F3N2O. The first kappa shape index (κ1) is 17.3. The monoisotopic (exact) mass is 340 g/mol. The van der Waals surface area contributed by atoms with Crippen LogP contribution in [0.3, 0.4) is 0 Å². The Balaban J connectivity index is 1.77. The Morgan fingerprint density at radius 1 is 1.04 bits per heavy atom. The highest BCUT2D eigenvalue weighted by atomic mass is 19.4. The predicted molar refractivity (Wildman–Crippen MR) is 87.5 cm³/mol. The molecule has 3 rings (SSSR count). The first-order valence-corrected chi connectivity index (χ1v) is 8.57. The number of carbonyl (C=O) groups excluding carboxylic acids is 1. The van der Waals surface area contributed by atoms with E-state index >= 15 is 0 Å². The summed E-state index contributed by atoms with van der Waals surface area (Å²) < 4.78 is 39.3. The van der Waals surface area contributed by atoms with Gasteiger partial charge >= 0.3 is 6.18 Å². The highest BCUT2D eigenvalue weighted by molar-refractivity contribution is 5.95. The summed E-state index contributed by atoms with van der Waals surface area (Å²) in [6.45, 7) is 5.06. The summed E-state index contributed by atoms with van der Waals surface area (Å²) in [7, 11) is 0. The third-order valence-corrected chi connectivity index (χ3v) is 5.14. The van der Waals surface area contributed by atoms with E-state index in [0.717, 1.165) is 45.1 Å². The van der Waals surface area contributed by atoms with Crippen LogP contribution in [0.15, 0.2) is 18.2 Å². The van der Waals surface area contributed by atoms with Crippen molar-refractivity contribution in [3.05, 3.63) is 29.3 Å². The Hall–Kier alpha value is -1.56. The summed E-state index contributed by atoms with van der Waals surface area (Å²) in [4.78, 5) is 16.1. The second-order valence-corrected chi connectivity index (χ2v) is 6.78. The van der Waals surface area contributed by atoms with E-state index in [1.54, 1.807) is 6.07 Å². The number of benzene rings is 1. The minimum atomic E-state index is -4.44. The Labute approximate surface area is 140 Å². The van der Waals surface area contributed by atoms with E-state index in [2.05, 4.69) is 4.90 Å². The lowest BCUT2D eigenvalue weighted by Gasteiger charge is -2.38. The van der Waals surface area contributed by atoms with Gasteiger partial charge in [-0.3, -0.25) is 4.79 Å². The van der Waals surface area contributed by atoms with Crippen LogP contribution in [0.4, 0.5) is 18.9 Å². The Morgan fingerprint density at radius 3 is 2.21 bits per heavy atom. The lowest BCUT2D eigenvalue weighted by atomic mass is 10.0. The van der Waals surface area contributed by atoms with Crippen molar-refractivity contribution >= 4 is 11.5 Å². The van der Waals surface area contributed by atoms with Gasteiger partial charge in [0.15, 0.2) is 5.78 Å². The maximum Gasteiger partial charge on any atom is 0.416 e. The van der Waals surface area contributed by atoms with Gasteiger partial charge in [0.2, 0.25) is 0 Å². The highest BCUT2D eigenvalue weighted by Gasteiger charge is 2.33. The summed E-state index contributed by atoms with van der Waals surface area (Å²) in [6.07, 6.45) is -0.0169. The number of alkyl halides is 3. The smallest absolute Gasteiger partial charge is 0.371 e. The number of anilines is 1. The fourth-order valence-electron chi connectivity index (χ4n) is 3.76. The van der Waals surface area contributed by atoms with Crippen LogP contribution < -0.4 is 4.90 Å². The van der Waals surface area contributed by atoms with E-state index in [1.165, 1.54) is 25.8 Å². The molecule has 2 fully saturated rings. The second kappa shape index (κ2) is 6.75. The molecule has 132 valence electrons. The zero-order valence-electron chi connectivity index (χ0n) is 13.9. The van der Waals surface area contributed by atoms with Gasteiger partial charge in [0, 0.05) is 30.4 Å². The number of Topliss-reactive ketones (excluding diaryl/α,β-unsaturated/α-hetero) is 1. The van der Waals surface area contributed by atoms with E-state index in [-0.39, 0.29) is 11.3 Å². The maximum absolute atomic E-state index is 13.1. The van der Waals surface area contributed by atoms with Crippen LogP contribution >= 0.6 is 0 Å². The topological polar surface area (TPSA) is 23.6 Å². The molecule has 2 aliphatic rings.